The van der Waals surface area contributed by atoms with Crippen LogP contribution in [-0.4, -0.2) is 18.4 Å². The fourth-order valence-electron chi connectivity index (χ4n) is 4.46. The molecular formula is C25H27NO3. The summed E-state index contributed by atoms with van der Waals surface area (Å²) in [6.45, 7) is 6.29. The van der Waals surface area contributed by atoms with Crippen LogP contribution in [0.2, 0.25) is 0 Å². The molecule has 4 rings (SSSR count). The molecule has 1 N–H and O–H groups in total. The molecule has 0 fully saturated rings. The summed E-state index contributed by atoms with van der Waals surface area (Å²) >= 11 is 0. The average Bonchev–Trinajstić information content (AvgIpc) is 2.71. The molecule has 1 aliphatic carbocycles. The Balaban J connectivity index is 1.90. The first-order valence-electron chi connectivity index (χ1n) is 10.3. The minimum Gasteiger partial charge on any atom is -0.462 e. The van der Waals surface area contributed by atoms with Gasteiger partial charge in [0.25, 0.3) is 0 Å². The van der Waals surface area contributed by atoms with Gasteiger partial charge in [-0.05, 0) is 35.6 Å². The highest BCUT2D eigenvalue weighted by molar-refractivity contribution is 5.98. The summed E-state index contributed by atoms with van der Waals surface area (Å²) in [6.07, 6.45) is 3.34. The molecule has 2 aliphatic rings. The molecule has 150 valence electrons. The van der Waals surface area contributed by atoms with Crippen LogP contribution in [0, 0.1) is 11.8 Å². The molecular weight excluding hydrogens is 362 g/mol. The van der Waals surface area contributed by atoms with Crippen LogP contribution in [0.3, 0.4) is 0 Å². The second-order valence-electron chi connectivity index (χ2n) is 8.34. The van der Waals surface area contributed by atoms with Crippen LogP contribution < -0.4 is 5.32 Å². The molecule has 0 spiro atoms. The monoisotopic (exact) mass is 389 g/mol. The quantitative estimate of drug-likeness (QED) is 0.759. The third kappa shape index (κ3) is 3.59. The van der Waals surface area contributed by atoms with E-state index in [0.717, 1.165) is 34.2 Å². The van der Waals surface area contributed by atoms with E-state index in [1.165, 1.54) is 0 Å². The van der Waals surface area contributed by atoms with Gasteiger partial charge in [0.2, 0.25) is 0 Å². The largest absolute Gasteiger partial charge is 0.462 e. The van der Waals surface area contributed by atoms with Crippen molar-refractivity contribution in [2.24, 2.45) is 11.8 Å². The highest BCUT2D eigenvalue weighted by Gasteiger charge is 2.43. The van der Waals surface area contributed by atoms with Crippen molar-refractivity contribution in [3.8, 4) is 0 Å². The van der Waals surface area contributed by atoms with E-state index < -0.39 is 0 Å². The van der Waals surface area contributed by atoms with E-state index in [1.807, 2.05) is 45.0 Å². The van der Waals surface area contributed by atoms with Crippen LogP contribution in [0.25, 0.3) is 10.8 Å². The van der Waals surface area contributed by atoms with E-state index in [-0.39, 0.29) is 29.5 Å². The standard InChI is InChI=1S/C25H27NO3/c1-15(2)14-29-25(28)22-16(3)26-20-12-7-13-21(27)24(20)23(22)19-11-6-9-17-8-4-5-10-18(17)19/h4-6,8-12,15,23-24,26H,7,13-14H2,1-3H3. The number of ketones is 1. The van der Waals surface area contributed by atoms with Gasteiger partial charge in [-0.15, -0.1) is 0 Å². The number of carbonyl (C=O) groups excluding carboxylic acids is 2. The van der Waals surface area contributed by atoms with E-state index in [9.17, 15) is 9.59 Å². The lowest BCUT2D eigenvalue weighted by Gasteiger charge is -2.38. The molecule has 1 heterocycles. The zero-order chi connectivity index (χ0) is 20.5. The number of hydrogen-bond donors (Lipinski definition) is 1. The van der Waals surface area contributed by atoms with Crippen molar-refractivity contribution < 1.29 is 14.3 Å². The third-order valence-electron chi connectivity index (χ3n) is 5.74. The van der Waals surface area contributed by atoms with Gasteiger partial charge in [-0.2, -0.15) is 0 Å². The number of nitrogens with one attached hydrogen (secondary N) is 1. The number of rotatable bonds is 4. The second kappa shape index (κ2) is 7.86. The van der Waals surface area contributed by atoms with E-state index in [2.05, 4.69) is 29.6 Å². The van der Waals surface area contributed by atoms with Crippen LogP contribution in [0.5, 0.6) is 0 Å². The first kappa shape index (κ1) is 19.4. The van der Waals surface area contributed by atoms with Crippen molar-refractivity contribution in [1.82, 2.24) is 5.32 Å². The Hall–Kier alpha value is -2.88. The van der Waals surface area contributed by atoms with Crippen molar-refractivity contribution >= 4 is 22.5 Å². The SMILES string of the molecule is CC1=C(C(=O)OCC(C)C)C(c2cccc3ccccc23)C2C(=O)CCC=C2N1. The predicted molar refractivity (Wildman–Crippen MR) is 114 cm³/mol. The minimum absolute atomic E-state index is 0.176. The molecule has 0 saturated carbocycles. The lowest BCUT2D eigenvalue weighted by atomic mass is 9.70. The van der Waals surface area contributed by atoms with Gasteiger partial charge in [-0.25, -0.2) is 4.79 Å². The lowest BCUT2D eigenvalue weighted by Crippen LogP contribution is -2.41. The van der Waals surface area contributed by atoms with Crippen molar-refractivity contribution in [3.05, 3.63) is 71.1 Å². The molecule has 4 heteroatoms. The highest BCUT2D eigenvalue weighted by atomic mass is 16.5. The molecule has 2 unspecified atom stereocenters. The Labute approximate surface area is 171 Å². The number of benzene rings is 2. The predicted octanol–water partition coefficient (Wildman–Crippen LogP) is 4.86. The fraction of sp³-hybridized carbons (Fsp3) is 0.360. The first-order valence-corrected chi connectivity index (χ1v) is 10.3. The number of ether oxygens (including phenoxy) is 1. The number of Topliss-reactive ketones (excluding diaryl/α,β-unsaturated/α-hetero) is 1. The second-order valence-corrected chi connectivity index (χ2v) is 8.34. The summed E-state index contributed by atoms with van der Waals surface area (Å²) in [4.78, 5) is 26.2. The van der Waals surface area contributed by atoms with Crippen molar-refractivity contribution in [1.29, 1.82) is 0 Å². The molecule has 0 saturated heterocycles. The molecule has 0 aromatic heterocycles. The Kier molecular flexibility index (Phi) is 5.27. The van der Waals surface area contributed by atoms with Crippen LogP contribution in [0.15, 0.2) is 65.5 Å². The molecule has 2 aromatic carbocycles. The summed E-state index contributed by atoms with van der Waals surface area (Å²) < 4.78 is 5.62. The van der Waals surface area contributed by atoms with Gasteiger partial charge in [0.1, 0.15) is 5.78 Å². The molecule has 0 radical (unpaired) electrons. The highest BCUT2D eigenvalue weighted by Crippen LogP contribution is 2.45. The molecule has 0 bridgehead atoms. The van der Waals surface area contributed by atoms with E-state index in [1.54, 1.807) is 0 Å². The Morgan fingerprint density at radius 2 is 1.90 bits per heavy atom. The maximum absolute atomic E-state index is 13.2. The Bertz CT molecular complexity index is 1030. The topological polar surface area (TPSA) is 55.4 Å². The van der Waals surface area contributed by atoms with Crippen molar-refractivity contribution in [2.75, 3.05) is 6.61 Å². The van der Waals surface area contributed by atoms with Crippen molar-refractivity contribution in [3.63, 3.8) is 0 Å². The molecule has 29 heavy (non-hydrogen) atoms. The molecule has 1 aliphatic heterocycles. The zero-order valence-corrected chi connectivity index (χ0v) is 17.2. The van der Waals surface area contributed by atoms with Gasteiger partial charge in [0.15, 0.2) is 0 Å². The Morgan fingerprint density at radius 1 is 1.14 bits per heavy atom. The first-order chi connectivity index (χ1) is 14.0. The zero-order valence-electron chi connectivity index (χ0n) is 17.2. The molecule has 0 amide bonds. The maximum Gasteiger partial charge on any atom is 0.336 e. The van der Waals surface area contributed by atoms with Crippen LogP contribution in [0.4, 0.5) is 0 Å². The van der Waals surface area contributed by atoms with E-state index in [4.69, 9.17) is 4.74 Å². The molecule has 2 aromatic rings. The molecule has 2 atom stereocenters. The maximum atomic E-state index is 13.2. The van der Waals surface area contributed by atoms with Gasteiger partial charge in [-0.1, -0.05) is 62.4 Å². The third-order valence-corrected chi connectivity index (χ3v) is 5.74. The van der Waals surface area contributed by atoms with Gasteiger partial charge >= 0.3 is 5.97 Å². The lowest BCUT2D eigenvalue weighted by molar-refractivity contribution is -0.140. The number of carbonyl (C=O) groups is 2. The van der Waals surface area contributed by atoms with Crippen LogP contribution in [0.1, 0.15) is 45.1 Å². The smallest absolute Gasteiger partial charge is 0.336 e. The fourth-order valence-corrected chi connectivity index (χ4v) is 4.46. The van der Waals surface area contributed by atoms with Gasteiger partial charge in [-0.3, -0.25) is 4.79 Å². The van der Waals surface area contributed by atoms with Gasteiger partial charge < -0.3 is 10.1 Å². The van der Waals surface area contributed by atoms with E-state index >= 15 is 0 Å². The number of allylic oxidation sites excluding steroid dienone is 3. The van der Waals surface area contributed by atoms with Gasteiger partial charge in [0.05, 0.1) is 18.1 Å². The number of fused-ring (bicyclic) bond motifs is 2. The van der Waals surface area contributed by atoms with Crippen LogP contribution >= 0.6 is 0 Å². The van der Waals surface area contributed by atoms with E-state index in [0.29, 0.717) is 18.6 Å². The minimum atomic E-state index is -0.375. The van der Waals surface area contributed by atoms with Crippen molar-refractivity contribution in [2.45, 2.75) is 39.5 Å². The molecule has 4 nitrogen and oxygen atoms in total. The van der Waals surface area contributed by atoms with Crippen LogP contribution in [-0.2, 0) is 14.3 Å². The summed E-state index contributed by atoms with van der Waals surface area (Å²) in [5.41, 5.74) is 3.26. The summed E-state index contributed by atoms with van der Waals surface area (Å²) in [5.74, 6) is -0.631. The average molecular weight is 389 g/mol. The summed E-state index contributed by atoms with van der Waals surface area (Å²) in [6, 6.07) is 14.2. The van der Waals surface area contributed by atoms with Gasteiger partial charge in [0, 0.05) is 23.7 Å². The summed E-state index contributed by atoms with van der Waals surface area (Å²) in [5, 5.41) is 5.51. The number of esters is 1. The number of hydrogen-bond acceptors (Lipinski definition) is 4. The summed E-state index contributed by atoms with van der Waals surface area (Å²) in [7, 11) is 0. The normalized spacial score (nSPS) is 21.7. The Morgan fingerprint density at radius 3 is 2.69 bits per heavy atom.